The molecule has 3 amide bonds. The lowest BCUT2D eigenvalue weighted by atomic mass is 10.2. The Morgan fingerprint density at radius 1 is 1.30 bits per heavy atom. The molecule has 1 fully saturated rings. The zero-order chi connectivity index (χ0) is 21.9. The van der Waals surface area contributed by atoms with E-state index in [2.05, 4.69) is 22.2 Å². The number of anilines is 1. The van der Waals surface area contributed by atoms with Crippen molar-refractivity contribution in [3.8, 4) is 0 Å². The monoisotopic (exact) mass is 417 g/mol. The third-order valence-electron chi connectivity index (χ3n) is 4.53. The Morgan fingerprint density at radius 3 is 2.63 bits per heavy atom. The normalized spacial score (nSPS) is 15.2. The van der Waals surface area contributed by atoms with E-state index in [-0.39, 0.29) is 18.7 Å². The summed E-state index contributed by atoms with van der Waals surface area (Å²) in [4.78, 5) is 31.1. The van der Waals surface area contributed by atoms with Crippen LogP contribution in [0.25, 0.3) is 0 Å². The molecule has 1 aliphatic heterocycles. The second-order valence-corrected chi connectivity index (χ2v) is 6.78. The van der Waals surface area contributed by atoms with Crippen LogP contribution in [-0.4, -0.2) is 73.3 Å². The van der Waals surface area contributed by atoms with Gasteiger partial charge in [0.1, 0.15) is 5.83 Å². The zero-order valence-electron chi connectivity index (χ0n) is 17.4. The first-order chi connectivity index (χ1) is 14.4. The van der Waals surface area contributed by atoms with Crippen LogP contribution in [-0.2, 0) is 4.74 Å². The highest BCUT2D eigenvalue weighted by molar-refractivity contribution is 5.89. The van der Waals surface area contributed by atoms with Crippen molar-refractivity contribution in [2.45, 2.75) is 6.92 Å². The Labute approximate surface area is 176 Å². The molecule has 0 atom stereocenters. The maximum absolute atomic E-state index is 13.8. The molecule has 9 heteroatoms. The van der Waals surface area contributed by atoms with Gasteiger partial charge in [-0.25, -0.2) is 14.0 Å². The van der Waals surface area contributed by atoms with Crippen molar-refractivity contribution < 1.29 is 18.7 Å². The van der Waals surface area contributed by atoms with Crippen molar-refractivity contribution in [1.82, 2.24) is 20.1 Å². The molecule has 8 nitrogen and oxygen atoms in total. The fraction of sp³-hybridized carbons (Fsp3) is 0.381. The topological polar surface area (TPSA) is 86.8 Å². The summed E-state index contributed by atoms with van der Waals surface area (Å²) in [6, 6.07) is 3.22. The number of carbonyl (C=O) groups excluding carboxylic acids is 2. The third kappa shape index (κ3) is 7.67. The summed E-state index contributed by atoms with van der Waals surface area (Å²) in [6.07, 6.45) is 6.26. The van der Waals surface area contributed by atoms with E-state index in [0.717, 1.165) is 5.69 Å². The van der Waals surface area contributed by atoms with Crippen LogP contribution in [0, 0.1) is 6.92 Å². The standard InChI is InChI=1S/C21H28FN5O3/c1-16-7-8-19(14-24-16)25-20(28)23-9-5-4-6-18(17(2)22)15-26-10-12-27(13-11-26)21(29)30-3/h4-8,14H,2,9-13,15H2,1,3H3,(H2,23,25,28)/b5-4-,18-6-. The summed E-state index contributed by atoms with van der Waals surface area (Å²) in [5, 5.41) is 5.36. The van der Waals surface area contributed by atoms with Crippen LogP contribution in [0.2, 0.25) is 0 Å². The van der Waals surface area contributed by atoms with E-state index >= 15 is 0 Å². The van der Waals surface area contributed by atoms with Gasteiger partial charge in [-0.2, -0.15) is 0 Å². The van der Waals surface area contributed by atoms with Gasteiger partial charge in [0.05, 0.1) is 19.0 Å². The first-order valence-corrected chi connectivity index (χ1v) is 9.62. The molecule has 0 saturated carbocycles. The summed E-state index contributed by atoms with van der Waals surface area (Å²) >= 11 is 0. The summed E-state index contributed by atoms with van der Waals surface area (Å²) in [5.41, 5.74) is 1.92. The lowest BCUT2D eigenvalue weighted by molar-refractivity contribution is 0.0938. The van der Waals surface area contributed by atoms with Crippen molar-refractivity contribution in [3.05, 3.63) is 60.2 Å². The number of amides is 3. The van der Waals surface area contributed by atoms with Crippen LogP contribution in [0.3, 0.4) is 0 Å². The second kappa shape index (κ2) is 11.7. The van der Waals surface area contributed by atoms with Gasteiger partial charge in [-0.3, -0.25) is 9.88 Å². The number of pyridine rings is 1. The molecule has 2 heterocycles. The number of hydrogen-bond acceptors (Lipinski definition) is 5. The zero-order valence-corrected chi connectivity index (χ0v) is 17.4. The van der Waals surface area contributed by atoms with Gasteiger partial charge in [0.2, 0.25) is 0 Å². The molecule has 162 valence electrons. The molecule has 2 rings (SSSR count). The van der Waals surface area contributed by atoms with E-state index in [1.807, 2.05) is 11.8 Å². The second-order valence-electron chi connectivity index (χ2n) is 6.78. The van der Waals surface area contributed by atoms with E-state index < -0.39 is 5.83 Å². The van der Waals surface area contributed by atoms with Crippen LogP contribution in [0.15, 0.2) is 54.5 Å². The number of piperazine rings is 1. The summed E-state index contributed by atoms with van der Waals surface area (Å²) < 4.78 is 18.5. The van der Waals surface area contributed by atoms with Gasteiger partial charge in [0.15, 0.2) is 0 Å². The predicted octanol–water partition coefficient (Wildman–Crippen LogP) is 2.86. The highest BCUT2D eigenvalue weighted by Crippen LogP contribution is 2.13. The molecular formula is C21H28FN5O3. The van der Waals surface area contributed by atoms with Crippen molar-refractivity contribution >= 4 is 17.8 Å². The first-order valence-electron chi connectivity index (χ1n) is 9.62. The Hall–Kier alpha value is -3.20. The fourth-order valence-electron chi connectivity index (χ4n) is 2.81. The molecule has 1 aliphatic rings. The van der Waals surface area contributed by atoms with Gasteiger partial charge in [-0.05, 0) is 19.1 Å². The van der Waals surface area contributed by atoms with Gasteiger partial charge in [0, 0.05) is 50.5 Å². The summed E-state index contributed by atoms with van der Waals surface area (Å²) in [5.74, 6) is -0.507. The Balaban J connectivity index is 1.76. The smallest absolute Gasteiger partial charge is 0.409 e. The van der Waals surface area contributed by atoms with Crippen LogP contribution >= 0.6 is 0 Å². The molecular weight excluding hydrogens is 389 g/mol. The number of urea groups is 1. The molecule has 1 saturated heterocycles. The molecule has 1 aromatic rings. The lowest BCUT2D eigenvalue weighted by Crippen LogP contribution is -2.49. The van der Waals surface area contributed by atoms with Crippen molar-refractivity contribution in [2.75, 3.05) is 51.7 Å². The van der Waals surface area contributed by atoms with Gasteiger partial charge in [-0.1, -0.05) is 24.8 Å². The fourth-order valence-corrected chi connectivity index (χ4v) is 2.81. The van der Waals surface area contributed by atoms with E-state index in [1.165, 1.54) is 7.11 Å². The number of nitrogens with one attached hydrogen (secondary N) is 2. The Morgan fingerprint density at radius 2 is 2.03 bits per heavy atom. The number of nitrogens with zero attached hydrogens (tertiary/aromatic N) is 3. The molecule has 0 aliphatic carbocycles. The van der Waals surface area contributed by atoms with E-state index in [0.29, 0.717) is 44.0 Å². The Bertz CT molecular complexity index is 799. The van der Waals surface area contributed by atoms with Crippen LogP contribution < -0.4 is 10.6 Å². The molecule has 30 heavy (non-hydrogen) atoms. The molecule has 0 spiro atoms. The molecule has 2 N–H and O–H groups in total. The minimum absolute atomic E-state index is 0.283. The van der Waals surface area contributed by atoms with E-state index in [1.54, 1.807) is 41.5 Å². The van der Waals surface area contributed by atoms with Crippen molar-refractivity contribution in [3.63, 3.8) is 0 Å². The van der Waals surface area contributed by atoms with Gasteiger partial charge >= 0.3 is 12.1 Å². The quantitative estimate of drug-likeness (QED) is 0.667. The minimum Gasteiger partial charge on any atom is -0.453 e. The van der Waals surface area contributed by atoms with Crippen LogP contribution in [0.1, 0.15) is 5.69 Å². The number of hydrogen-bond donors (Lipinski definition) is 2. The third-order valence-corrected chi connectivity index (χ3v) is 4.53. The average molecular weight is 417 g/mol. The number of halogens is 1. The minimum atomic E-state index is -0.507. The number of aryl methyl sites for hydroxylation is 1. The number of carbonyl (C=O) groups is 2. The Kier molecular flexibility index (Phi) is 9.02. The van der Waals surface area contributed by atoms with Crippen molar-refractivity contribution in [2.24, 2.45) is 0 Å². The molecule has 0 unspecified atom stereocenters. The van der Waals surface area contributed by atoms with E-state index in [4.69, 9.17) is 4.74 Å². The number of aromatic nitrogens is 1. The number of allylic oxidation sites excluding steroid dienone is 2. The van der Waals surface area contributed by atoms with E-state index in [9.17, 15) is 14.0 Å². The average Bonchev–Trinajstić information content (AvgIpc) is 2.74. The van der Waals surface area contributed by atoms with Gasteiger partial charge < -0.3 is 20.3 Å². The SMILES string of the molecule is C=C(F)/C(=C\C=C/CNC(=O)Nc1ccc(C)nc1)CN1CCN(C(=O)OC)CC1. The largest absolute Gasteiger partial charge is 0.453 e. The maximum Gasteiger partial charge on any atom is 0.409 e. The first kappa shape index (κ1) is 23.1. The maximum atomic E-state index is 13.8. The predicted molar refractivity (Wildman–Crippen MR) is 114 cm³/mol. The molecule has 0 bridgehead atoms. The number of rotatable bonds is 7. The van der Waals surface area contributed by atoms with Crippen LogP contribution in [0.4, 0.5) is 19.7 Å². The van der Waals surface area contributed by atoms with Gasteiger partial charge in [-0.15, -0.1) is 0 Å². The van der Waals surface area contributed by atoms with Crippen LogP contribution in [0.5, 0.6) is 0 Å². The van der Waals surface area contributed by atoms with Crippen molar-refractivity contribution in [1.29, 1.82) is 0 Å². The highest BCUT2D eigenvalue weighted by Gasteiger charge is 2.22. The molecule has 0 aromatic carbocycles. The number of ether oxygens (including phenoxy) is 1. The lowest BCUT2D eigenvalue weighted by Gasteiger charge is -2.34. The molecule has 0 radical (unpaired) electrons. The highest BCUT2D eigenvalue weighted by atomic mass is 19.1. The number of methoxy groups -OCH3 is 1. The summed E-state index contributed by atoms with van der Waals surface area (Å²) in [6.45, 7) is 8.24. The summed E-state index contributed by atoms with van der Waals surface area (Å²) in [7, 11) is 1.35. The molecule has 1 aromatic heterocycles. The van der Waals surface area contributed by atoms with Gasteiger partial charge in [0.25, 0.3) is 0 Å².